The van der Waals surface area contributed by atoms with Gasteiger partial charge in [0.1, 0.15) is 17.1 Å². The number of pyridine rings is 1. The fourth-order valence-electron chi connectivity index (χ4n) is 2.23. The number of halogens is 1. The van der Waals surface area contributed by atoms with E-state index in [0.29, 0.717) is 22.6 Å². The van der Waals surface area contributed by atoms with E-state index in [-0.39, 0.29) is 11.7 Å². The number of hydrazone groups is 1. The average molecular weight is 373 g/mol. The summed E-state index contributed by atoms with van der Waals surface area (Å²) in [5.74, 6) is -0.216. The molecule has 3 aromatic rings. The van der Waals surface area contributed by atoms with Crippen LogP contribution >= 0.6 is 15.9 Å². The largest absolute Gasteiger partial charge is 0.508 e. The zero-order chi connectivity index (χ0) is 16.4. The first-order chi connectivity index (χ1) is 11.0. The normalized spacial score (nSPS) is 11.2. The van der Waals surface area contributed by atoms with Crippen molar-refractivity contribution in [2.24, 2.45) is 5.10 Å². The van der Waals surface area contributed by atoms with Gasteiger partial charge in [0.05, 0.1) is 11.9 Å². The Labute approximate surface area is 140 Å². The molecule has 2 heterocycles. The van der Waals surface area contributed by atoms with Crippen molar-refractivity contribution < 1.29 is 9.90 Å². The molecule has 1 amide bonds. The number of nitrogens with one attached hydrogen (secondary N) is 1. The van der Waals surface area contributed by atoms with E-state index in [1.54, 1.807) is 41.8 Å². The van der Waals surface area contributed by atoms with E-state index in [0.717, 1.165) is 4.47 Å². The molecule has 2 aromatic heterocycles. The summed E-state index contributed by atoms with van der Waals surface area (Å²) in [7, 11) is 0. The molecule has 6 nitrogen and oxygen atoms in total. The standard InChI is InChI=1S/C16H13BrN4O2/c1-10-15(21-9-12(17)5-6-14(21)19-10)16(23)20-18-8-11-3-2-4-13(22)7-11/h2-9,22H,1H3,(H,20,23)/b18-8-. The number of hydrogen-bond acceptors (Lipinski definition) is 4. The number of aromatic nitrogens is 2. The van der Waals surface area contributed by atoms with Crippen molar-refractivity contribution in [1.82, 2.24) is 14.8 Å². The van der Waals surface area contributed by atoms with Crippen molar-refractivity contribution in [1.29, 1.82) is 0 Å². The van der Waals surface area contributed by atoms with Gasteiger partial charge in [0.2, 0.25) is 0 Å². The Hall–Kier alpha value is -2.67. The summed E-state index contributed by atoms with van der Waals surface area (Å²) in [6, 6.07) is 10.3. The van der Waals surface area contributed by atoms with Crippen molar-refractivity contribution in [3.63, 3.8) is 0 Å². The molecule has 3 rings (SSSR count). The van der Waals surface area contributed by atoms with E-state index < -0.39 is 0 Å². The molecule has 0 bridgehead atoms. The Morgan fingerprint density at radius 3 is 3.00 bits per heavy atom. The Morgan fingerprint density at radius 1 is 1.39 bits per heavy atom. The van der Waals surface area contributed by atoms with Crippen LogP contribution in [0.4, 0.5) is 0 Å². The summed E-state index contributed by atoms with van der Waals surface area (Å²) in [4.78, 5) is 16.7. The Morgan fingerprint density at radius 2 is 2.22 bits per heavy atom. The smallest absolute Gasteiger partial charge is 0.290 e. The molecule has 0 atom stereocenters. The third-order valence-corrected chi connectivity index (χ3v) is 3.69. The summed E-state index contributed by atoms with van der Waals surface area (Å²) in [5.41, 5.74) is 4.89. The highest BCUT2D eigenvalue weighted by atomic mass is 79.9. The SMILES string of the molecule is Cc1nc2ccc(Br)cn2c1C(=O)N/N=C\c1cccc(O)c1. The maximum absolute atomic E-state index is 12.4. The number of aromatic hydroxyl groups is 1. The van der Waals surface area contributed by atoms with Crippen LogP contribution in [0.2, 0.25) is 0 Å². The molecule has 0 spiro atoms. The first kappa shape index (κ1) is 15.2. The zero-order valence-corrected chi connectivity index (χ0v) is 13.8. The van der Waals surface area contributed by atoms with Crippen LogP contribution in [-0.4, -0.2) is 26.6 Å². The maximum atomic E-state index is 12.4. The molecule has 0 fully saturated rings. The minimum absolute atomic E-state index is 0.141. The average Bonchev–Trinajstić information content (AvgIpc) is 2.82. The number of rotatable bonds is 3. The van der Waals surface area contributed by atoms with Gasteiger partial charge in [-0.25, -0.2) is 10.4 Å². The Balaban J connectivity index is 1.84. The number of benzene rings is 1. The van der Waals surface area contributed by atoms with Gasteiger partial charge in [0, 0.05) is 10.7 Å². The number of hydrogen-bond donors (Lipinski definition) is 2. The van der Waals surface area contributed by atoms with E-state index in [2.05, 4.69) is 31.4 Å². The van der Waals surface area contributed by atoms with Gasteiger partial charge < -0.3 is 5.11 Å². The second-order valence-electron chi connectivity index (χ2n) is 4.92. The van der Waals surface area contributed by atoms with Gasteiger partial charge in [0.25, 0.3) is 5.91 Å². The second-order valence-corrected chi connectivity index (χ2v) is 5.83. The molecule has 0 radical (unpaired) electrons. The summed E-state index contributed by atoms with van der Waals surface area (Å²) >= 11 is 3.38. The molecule has 23 heavy (non-hydrogen) atoms. The summed E-state index contributed by atoms with van der Waals surface area (Å²) < 4.78 is 2.55. The van der Waals surface area contributed by atoms with Crippen molar-refractivity contribution >= 4 is 33.7 Å². The van der Waals surface area contributed by atoms with Gasteiger partial charge >= 0.3 is 0 Å². The quantitative estimate of drug-likeness (QED) is 0.547. The lowest BCUT2D eigenvalue weighted by Crippen LogP contribution is -2.20. The number of carbonyl (C=O) groups excluding carboxylic acids is 1. The predicted molar refractivity (Wildman–Crippen MR) is 90.8 cm³/mol. The van der Waals surface area contributed by atoms with Crippen LogP contribution in [0.15, 0.2) is 52.2 Å². The highest BCUT2D eigenvalue weighted by molar-refractivity contribution is 9.10. The van der Waals surface area contributed by atoms with Crippen LogP contribution in [0.3, 0.4) is 0 Å². The van der Waals surface area contributed by atoms with Crippen molar-refractivity contribution in [2.75, 3.05) is 0 Å². The molecule has 1 aromatic carbocycles. The predicted octanol–water partition coefficient (Wildman–Crippen LogP) is 2.87. The third kappa shape index (κ3) is 3.24. The topological polar surface area (TPSA) is 79.0 Å². The molecule has 0 saturated heterocycles. The molecular formula is C16H13BrN4O2. The molecule has 2 N–H and O–H groups in total. The number of imidazole rings is 1. The fraction of sp³-hybridized carbons (Fsp3) is 0.0625. The van der Waals surface area contributed by atoms with Gasteiger partial charge in [-0.15, -0.1) is 0 Å². The van der Waals surface area contributed by atoms with Crippen molar-refractivity contribution in [3.8, 4) is 5.75 Å². The van der Waals surface area contributed by atoms with Crippen LogP contribution in [0, 0.1) is 6.92 Å². The van der Waals surface area contributed by atoms with E-state index in [4.69, 9.17) is 0 Å². The van der Waals surface area contributed by atoms with E-state index >= 15 is 0 Å². The second kappa shape index (κ2) is 6.21. The first-order valence-corrected chi connectivity index (χ1v) is 7.60. The van der Waals surface area contributed by atoms with Crippen molar-refractivity contribution in [3.05, 3.63) is 64.0 Å². The summed E-state index contributed by atoms with van der Waals surface area (Å²) in [5, 5.41) is 13.3. The lowest BCUT2D eigenvalue weighted by molar-refractivity contribution is 0.0948. The molecule has 0 saturated carbocycles. The number of nitrogens with zero attached hydrogens (tertiary/aromatic N) is 3. The monoisotopic (exact) mass is 372 g/mol. The van der Waals surface area contributed by atoms with Gasteiger partial charge in [0.15, 0.2) is 0 Å². The van der Waals surface area contributed by atoms with Crippen LogP contribution in [0.5, 0.6) is 5.75 Å². The fourth-order valence-corrected chi connectivity index (χ4v) is 2.57. The van der Waals surface area contributed by atoms with Gasteiger partial charge in [-0.05, 0) is 52.7 Å². The molecule has 0 aliphatic heterocycles. The Kier molecular flexibility index (Phi) is 4.12. The van der Waals surface area contributed by atoms with Gasteiger partial charge in [-0.2, -0.15) is 5.10 Å². The third-order valence-electron chi connectivity index (χ3n) is 3.22. The van der Waals surface area contributed by atoms with Crippen LogP contribution < -0.4 is 5.43 Å². The minimum atomic E-state index is -0.357. The molecule has 116 valence electrons. The van der Waals surface area contributed by atoms with Gasteiger partial charge in [-0.1, -0.05) is 12.1 Å². The summed E-state index contributed by atoms with van der Waals surface area (Å²) in [6.07, 6.45) is 3.25. The highest BCUT2D eigenvalue weighted by Gasteiger charge is 2.16. The number of aryl methyl sites for hydroxylation is 1. The lowest BCUT2D eigenvalue weighted by atomic mass is 10.2. The van der Waals surface area contributed by atoms with E-state index in [1.165, 1.54) is 6.21 Å². The van der Waals surface area contributed by atoms with Crippen LogP contribution in [0.25, 0.3) is 5.65 Å². The van der Waals surface area contributed by atoms with Crippen LogP contribution in [-0.2, 0) is 0 Å². The molecule has 0 aliphatic carbocycles. The molecule has 0 aliphatic rings. The molecule has 0 unspecified atom stereocenters. The number of amides is 1. The van der Waals surface area contributed by atoms with Gasteiger partial charge in [-0.3, -0.25) is 9.20 Å². The number of phenolic OH excluding ortho intramolecular Hbond substituents is 1. The lowest BCUT2D eigenvalue weighted by Gasteiger charge is -2.02. The van der Waals surface area contributed by atoms with E-state index in [9.17, 15) is 9.90 Å². The van der Waals surface area contributed by atoms with Crippen LogP contribution in [0.1, 0.15) is 21.7 Å². The maximum Gasteiger partial charge on any atom is 0.290 e. The number of phenols is 1. The molecular weight excluding hydrogens is 360 g/mol. The molecule has 7 heteroatoms. The number of fused-ring (bicyclic) bond motifs is 1. The van der Waals surface area contributed by atoms with E-state index in [1.807, 2.05) is 12.1 Å². The highest BCUT2D eigenvalue weighted by Crippen LogP contribution is 2.16. The Bertz CT molecular complexity index is 918. The minimum Gasteiger partial charge on any atom is -0.508 e. The zero-order valence-electron chi connectivity index (χ0n) is 12.2. The summed E-state index contributed by atoms with van der Waals surface area (Å²) in [6.45, 7) is 1.77. The van der Waals surface area contributed by atoms with Crippen molar-refractivity contribution in [2.45, 2.75) is 6.92 Å². The number of carbonyl (C=O) groups is 1. The first-order valence-electron chi connectivity index (χ1n) is 6.81.